The van der Waals surface area contributed by atoms with Crippen molar-refractivity contribution in [3.8, 4) is 17.1 Å². The minimum absolute atomic E-state index is 0.576. The second kappa shape index (κ2) is 7.01. The molecule has 0 aliphatic rings. The van der Waals surface area contributed by atoms with E-state index in [2.05, 4.69) is 20.4 Å². The first kappa shape index (κ1) is 16.4. The molecular formula is C19H16ClN5O. The van der Waals surface area contributed by atoms with E-state index in [-0.39, 0.29) is 0 Å². The van der Waals surface area contributed by atoms with Crippen molar-refractivity contribution < 1.29 is 4.74 Å². The zero-order valence-corrected chi connectivity index (χ0v) is 14.8. The van der Waals surface area contributed by atoms with Crippen molar-refractivity contribution in [3.05, 3.63) is 71.5 Å². The maximum atomic E-state index is 5.98. The number of nitrogens with one attached hydrogen (secondary N) is 1. The average molecular weight is 366 g/mol. The molecule has 0 unspecified atom stereocenters. The molecule has 0 bridgehead atoms. The van der Waals surface area contributed by atoms with Gasteiger partial charge in [0.1, 0.15) is 11.5 Å². The van der Waals surface area contributed by atoms with Gasteiger partial charge in [-0.15, -0.1) is 5.10 Å². The number of methoxy groups -OCH3 is 1. The Morgan fingerprint density at radius 3 is 2.69 bits per heavy atom. The third-order valence-corrected chi connectivity index (χ3v) is 4.20. The van der Waals surface area contributed by atoms with Gasteiger partial charge in [-0.05, 0) is 35.9 Å². The normalized spacial score (nSPS) is 10.8. The maximum Gasteiger partial charge on any atom is 0.243 e. The largest absolute Gasteiger partial charge is 0.479 e. The fourth-order valence-electron chi connectivity index (χ4n) is 2.68. The summed E-state index contributed by atoms with van der Waals surface area (Å²) in [5.74, 6) is 1.30. The molecule has 26 heavy (non-hydrogen) atoms. The number of halogens is 1. The van der Waals surface area contributed by atoms with Crippen molar-refractivity contribution in [1.29, 1.82) is 0 Å². The Balaban J connectivity index is 1.68. The van der Waals surface area contributed by atoms with E-state index < -0.39 is 0 Å². The van der Waals surface area contributed by atoms with Crippen LogP contribution < -0.4 is 10.1 Å². The Morgan fingerprint density at radius 1 is 1.12 bits per heavy atom. The van der Waals surface area contributed by atoms with Crippen LogP contribution in [0.15, 0.2) is 60.9 Å². The zero-order valence-electron chi connectivity index (χ0n) is 14.1. The van der Waals surface area contributed by atoms with E-state index in [0.29, 0.717) is 23.1 Å². The number of rotatable bonds is 5. The molecule has 0 spiro atoms. The Labute approximate surface area is 155 Å². The van der Waals surface area contributed by atoms with E-state index in [1.54, 1.807) is 17.8 Å². The summed E-state index contributed by atoms with van der Waals surface area (Å²) in [7, 11) is 1.61. The molecule has 0 fully saturated rings. The van der Waals surface area contributed by atoms with Gasteiger partial charge in [0.15, 0.2) is 5.65 Å². The first-order valence-corrected chi connectivity index (χ1v) is 8.45. The number of hydrogen-bond acceptors (Lipinski definition) is 5. The Bertz CT molecular complexity index is 1030. The van der Waals surface area contributed by atoms with Gasteiger partial charge in [-0.2, -0.15) is 4.52 Å². The van der Waals surface area contributed by atoms with Crippen LogP contribution in [0.3, 0.4) is 0 Å². The van der Waals surface area contributed by atoms with Gasteiger partial charge in [-0.1, -0.05) is 29.8 Å². The van der Waals surface area contributed by atoms with Gasteiger partial charge in [0, 0.05) is 29.5 Å². The van der Waals surface area contributed by atoms with Gasteiger partial charge >= 0.3 is 0 Å². The van der Waals surface area contributed by atoms with Crippen LogP contribution in [0.1, 0.15) is 5.56 Å². The lowest BCUT2D eigenvalue weighted by Gasteiger charge is -2.07. The van der Waals surface area contributed by atoms with Crippen molar-refractivity contribution in [2.24, 2.45) is 0 Å². The number of imidazole rings is 1. The third kappa shape index (κ3) is 3.19. The first-order chi connectivity index (χ1) is 12.7. The summed E-state index contributed by atoms with van der Waals surface area (Å²) in [4.78, 5) is 8.75. The summed E-state index contributed by atoms with van der Waals surface area (Å²) in [6.45, 7) is 0.632. The first-order valence-electron chi connectivity index (χ1n) is 8.07. The van der Waals surface area contributed by atoms with E-state index in [9.17, 15) is 0 Å². The van der Waals surface area contributed by atoms with Crippen LogP contribution in [0.25, 0.3) is 16.9 Å². The zero-order chi connectivity index (χ0) is 17.9. The fourth-order valence-corrected chi connectivity index (χ4v) is 2.81. The summed E-state index contributed by atoms with van der Waals surface area (Å²) in [6, 6.07) is 15.2. The van der Waals surface area contributed by atoms with Crippen molar-refractivity contribution in [2.45, 2.75) is 6.54 Å². The second-order valence-electron chi connectivity index (χ2n) is 5.68. The number of pyridine rings is 1. The number of benzene rings is 1. The Hall–Kier alpha value is -3.12. The van der Waals surface area contributed by atoms with Crippen molar-refractivity contribution in [2.75, 3.05) is 12.4 Å². The molecule has 3 heterocycles. The van der Waals surface area contributed by atoms with Gasteiger partial charge in [-0.25, -0.2) is 4.98 Å². The molecule has 130 valence electrons. The third-order valence-electron chi connectivity index (χ3n) is 3.94. The molecule has 4 aromatic rings. The summed E-state index contributed by atoms with van der Waals surface area (Å²) < 4.78 is 7.26. The standard InChI is InChI=1S/C19H16ClN5O/c1-26-19-18(14-4-6-15(20)7-5-14)23-17-9-8-16(24-25(17)19)22-12-13-3-2-10-21-11-13/h2-11H,12H2,1H3,(H,22,24). The molecule has 1 aromatic carbocycles. The average Bonchev–Trinajstić information content (AvgIpc) is 3.05. The molecule has 0 radical (unpaired) electrons. The van der Waals surface area contributed by atoms with E-state index in [0.717, 1.165) is 22.6 Å². The number of aromatic nitrogens is 4. The smallest absolute Gasteiger partial charge is 0.243 e. The number of anilines is 1. The topological polar surface area (TPSA) is 64.3 Å². The molecule has 0 saturated heterocycles. The van der Waals surface area contributed by atoms with Gasteiger partial charge in [-0.3, -0.25) is 4.98 Å². The predicted octanol–water partition coefficient (Wildman–Crippen LogP) is 4.07. The SMILES string of the molecule is COc1c(-c2ccc(Cl)cc2)nc2ccc(NCc3cccnc3)nn12. The number of nitrogens with zero attached hydrogens (tertiary/aromatic N) is 4. The molecule has 1 N–H and O–H groups in total. The van der Waals surface area contributed by atoms with Crippen molar-refractivity contribution >= 4 is 23.1 Å². The van der Waals surface area contributed by atoms with Crippen LogP contribution in [-0.4, -0.2) is 26.7 Å². The fraction of sp³-hybridized carbons (Fsp3) is 0.105. The van der Waals surface area contributed by atoms with Crippen LogP contribution in [0, 0.1) is 0 Å². The van der Waals surface area contributed by atoms with Crippen molar-refractivity contribution in [1.82, 2.24) is 19.6 Å². The summed E-state index contributed by atoms with van der Waals surface area (Å²) >= 11 is 5.98. The molecule has 0 saturated carbocycles. The summed E-state index contributed by atoms with van der Waals surface area (Å²) in [5, 5.41) is 8.56. The van der Waals surface area contributed by atoms with Crippen molar-refractivity contribution in [3.63, 3.8) is 0 Å². The molecule has 0 aliphatic carbocycles. The van der Waals surface area contributed by atoms with Crippen LogP contribution >= 0.6 is 11.6 Å². The number of fused-ring (bicyclic) bond motifs is 1. The predicted molar refractivity (Wildman–Crippen MR) is 102 cm³/mol. The lowest BCUT2D eigenvalue weighted by atomic mass is 10.2. The molecule has 4 rings (SSSR count). The van der Waals surface area contributed by atoms with E-state index in [4.69, 9.17) is 16.3 Å². The highest BCUT2D eigenvalue weighted by Crippen LogP contribution is 2.31. The van der Waals surface area contributed by atoms with Gasteiger partial charge < -0.3 is 10.1 Å². The Morgan fingerprint density at radius 2 is 1.96 bits per heavy atom. The maximum absolute atomic E-state index is 5.98. The van der Waals surface area contributed by atoms with Crippen LogP contribution in [0.4, 0.5) is 5.82 Å². The van der Waals surface area contributed by atoms with Gasteiger partial charge in [0.25, 0.3) is 0 Å². The van der Waals surface area contributed by atoms with Crippen LogP contribution in [0.2, 0.25) is 5.02 Å². The van der Waals surface area contributed by atoms with Crippen LogP contribution in [0.5, 0.6) is 5.88 Å². The minimum Gasteiger partial charge on any atom is -0.479 e. The lowest BCUT2D eigenvalue weighted by Crippen LogP contribution is -2.05. The van der Waals surface area contributed by atoms with E-state index in [1.807, 2.05) is 54.7 Å². The Kier molecular flexibility index (Phi) is 4.41. The van der Waals surface area contributed by atoms with Gasteiger partial charge in [0.05, 0.1) is 7.11 Å². The van der Waals surface area contributed by atoms with E-state index >= 15 is 0 Å². The molecule has 0 aliphatic heterocycles. The molecule has 0 atom stereocenters. The van der Waals surface area contributed by atoms with Gasteiger partial charge in [0.2, 0.25) is 5.88 Å². The molecule has 3 aromatic heterocycles. The van der Waals surface area contributed by atoms with E-state index in [1.165, 1.54) is 0 Å². The molecule has 7 heteroatoms. The molecular weight excluding hydrogens is 350 g/mol. The second-order valence-corrected chi connectivity index (χ2v) is 6.12. The highest BCUT2D eigenvalue weighted by Gasteiger charge is 2.16. The number of hydrogen-bond donors (Lipinski definition) is 1. The summed E-state index contributed by atoms with van der Waals surface area (Å²) in [6.07, 6.45) is 3.57. The highest BCUT2D eigenvalue weighted by atomic mass is 35.5. The quantitative estimate of drug-likeness (QED) is 0.577. The monoisotopic (exact) mass is 365 g/mol. The molecule has 0 amide bonds. The lowest BCUT2D eigenvalue weighted by molar-refractivity contribution is 0.389. The summed E-state index contributed by atoms with van der Waals surface area (Å²) in [5.41, 5.74) is 3.43. The van der Waals surface area contributed by atoms with Crippen LogP contribution in [-0.2, 0) is 6.54 Å². The minimum atomic E-state index is 0.576. The highest BCUT2D eigenvalue weighted by molar-refractivity contribution is 6.30. The molecule has 6 nitrogen and oxygen atoms in total. The number of ether oxygens (including phenoxy) is 1.